The van der Waals surface area contributed by atoms with Gasteiger partial charge in [0.1, 0.15) is 5.15 Å². The zero-order valence-corrected chi connectivity index (χ0v) is 14.5. The van der Waals surface area contributed by atoms with Gasteiger partial charge in [-0.15, -0.1) is 11.3 Å². The first-order valence-corrected chi connectivity index (χ1v) is 8.22. The summed E-state index contributed by atoms with van der Waals surface area (Å²) in [6.45, 7) is 2.02. The number of fused-ring (bicyclic) bond motifs is 1. The molecule has 1 aromatic carbocycles. The second-order valence-corrected chi connectivity index (χ2v) is 8.15. The summed E-state index contributed by atoms with van der Waals surface area (Å²) >= 11 is 14.8. The summed E-state index contributed by atoms with van der Waals surface area (Å²) in [7, 11) is 0. The molecule has 96 valence electrons. The van der Waals surface area contributed by atoms with E-state index in [0.29, 0.717) is 11.0 Å². The molecule has 2 heterocycles. The third kappa shape index (κ3) is 2.44. The highest BCUT2D eigenvalue weighted by Gasteiger charge is 2.14. The second-order valence-electron chi connectivity index (χ2n) is 4.05. The Balaban J connectivity index is 2.32. The quantitative estimate of drug-likeness (QED) is 0.464. The largest absolute Gasteiger partial charge is 0.228 e. The Kier molecular flexibility index (Phi) is 3.64. The zero-order chi connectivity index (χ0) is 13.6. The van der Waals surface area contributed by atoms with E-state index >= 15 is 0 Å². The van der Waals surface area contributed by atoms with Crippen molar-refractivity contribution in [1.82, 2.24) is 9.97 Å². The Morgan fingerprint density at radius 3 is 2.68 bits per heavy atom. The molecule has 0 aliphatic carbocycles. The number of halogens is 3. The number of para-hydroxylation sites is 1. The van der Waals surface area contributed by atoms with E-state index in [4.69, 9.17) is 11.6 Å². The summed E-state index contributed by atoms with van der Waals surface area (Å²) in [6.07, 6.45) is 0. The van der Waals surface area contributed by atoms with Crippen LogP contribution >= 0.6 is 54.8 Å². The predicted molar refractivity (Wildman–Crippen MR) is 88.0 cm³/mol. The highest BCUT2D eigenvalue weighted by Crippen LogP contribution is 2.38. The topological polar surface area (TPSA) is 25.8 Å². The first-order valence-electron chi connectivity index (χ1n) is 5.44. The van der Waals surface area contributed by atoms with Gasteiger partial charge in [-0.05, 0) is 56.5 Å². The number of aryl methyl sites for hydroxylation is 1. The molecule has 3 rings (SSSR count). The first-order chi connectivity index (χ1) is 9.06. The average Bonchev–Trinajstić information content (AvgIpc) is 2.70. The Hall–Kier alpha value is -0.490. The molecule has 0 radical (unpaired) electrons. The maximum Gasteiger partial charge on any atom is 0.163 e. The number of hydrogen-bond donors (Lipinski definition) is 0. The Morgan fingerprint density at radius 1 is 1.21 bits per heavy atom. The highest BCUT2D eigenvalue weighted by molar-refractivity contribution is 9.12. The molecule has 0 fully saturated rings. The molecule has 0 spiro atoms. The molecule has 19 heavy (non-hydrogen) atoms. The molecule has 0 unspecified atom stereocenters. The molecule has 0 bridgehead atoms. The van der Waals surface area contributed by atoms with Crippen LogP contribution in [0.2, 0.25) is 5.15 Å². The van der Waals surface area contributed by atoms with Crippen molar-refractivity contribution >= 4 is 65.7 Å². The standard InChI is InChI=1S/C13H7Br2ClN2S/c1-6-3-2-4-7-10(6)17-13(18-12(7)16)8-5-9(14)19-11(8)15/h2-5H,1H3. The molecule has 0 atom stereocenters. The van der Waals surface area contributed by atoms with Gasteiger partial charge in [0.05, 0.1) is 13.1 Å². The number of thiophene rings is 1. The van der Waals surface area contributed by atoms with Crippen molar-refractivity contribution in [3.63, 3.8) is 0 Å². The van der Waals surface area contributed by atoms with E-state index in [0.717, 1.165) is 29.6 Å². The summed E-state index contributed by atoms with van der Waals surface area (Å²) in [5.41, 5.74) is 2.93. The van der Waals surface area contributed by atoms with E-state index in [2.05, 4.69) is 41.8 Å². The van der Waals surface area contributed by atoms with Crippen molar-refractivity contribution in [1.29, 1.82) is 0 Å². The lowest BCUT2D eigenvalue weighted by Gasteiger charge is -2.05. The summed E-state index contributed by atoms with van der Waals surface area (Å²) in [5.74, 6) is 0.639. The van der Waals surface area contributed by atoms with Crippen molar-refractivity contribution in [2.75, 3.05) is 0 Å². The van der Waals surface area contributed by atoms with Gasteiger partial charge in [0, 0.05) is 10.9 Å². The van der Waals surface area contributed by atoms with E-state index in [1.54, 1.807) is 11.3 Å². The van der Waals surface area contributed by atoms with Crippen molar-refractivity contribution in [2.45, 2.75) is 6.92 Å². The lowest BCUT2D eigenvalue weighted by Crippen LogP contribution is -1.93. The summed E-state index contributed by atoms with van der Waals surface area (Å²) < 4.78 is 2.02. The van der Waals surface area contributed by atoms with Crippen LogP contribution in [-0.4, -0.2) is 9.97 Å². The van der Waals surface area contributed by atoms with Crippen LogP contribution in [0.5, 0.6) is 0 Å². The fourth-order valence-electron chi connectivity index (χ4n) is 1.87. The predicted octanol–water partition coefficient (Wildman–Crippen LogP) is 5.85. The average molecular weight is 419 g/mol. The lowest BCUT2D eigenvalue weighted by atomic mass is 10.1. The van der Waals surface area contributed by atoms with Gasteiger partial charge in [-0.3, -0.25) is 0 Å². The SMILES string of the molecule is Cc1cccc2c(Cl)nc(-c3cc(Br)sc3Br)nc12. The second kappa shape index (κ2) is 5.13. The summed E-state index contributed by atoms with van der Waals surface area (Å²) in [4.78, 5) is 9.04. The van der Waals surface area contributed by atoms with Crippen LogP contribution in [0.25, 0.3) is 22.3 Å². The van der Waals surface area contributed by atoms with Gasteiger partial charge < -0.3 is 0 Å². The van der Waals surface area contributed by atoms with Gasteiger partial charge in [-0.25, -0.2) is 9.97 Å². The maximum atomic E-state index is 6.27. The highest BCUT2D eigenvalue weighted by atomic mass is 79.9. The molecule has 3 aromatic rings. The van der Waals surface area contributed by atoms with E-state index < -0.39 is 0 Å². The zero-order valence-electron chi connectivity index (χ0n) is 9.75. The molecule has 6 heteroatoms. The van der Waals surface area contributed by atoms with Crippen LogP contribution in [-0.2, 0) is 0 Å². The third-order valence-corrected chi connectivity index (χ3v) is 5.41. The van der Waals surface area contributed by atoms with Gasteiger partial charge in [0.25, 0.3) is 0 Å². The van der Waals surface area contributed by atoms with E-state index in [9.17, 15) is 0 Å². The molecule has 0 aliphatic rings. The van der Waals surface area contributed by atoms with Crippen LogP contribution in [0.1, 0.15) is 5.56 Å². The van der Waals surface area contributed by atoms with Crippen LogP contribution in [0.4, 0.5) is 0 Å². The number of nitrogens with zero attached hydrogens (tertiary/aromatic N) is 2. The first kappa shape index (κ1) is 13.5. The number of aromatic nitrogens is 2. The fraction of sp³-hybridized carbons (Fsp3) is 0.0769. The van der Waals surface area contributed by atoms with Crippen LogP contribution < -0.4 is 0 Å². The number of hydrogen-bond acceptors (Lipinski definition) is 3. The summed E-state index contributed by atoms with van der Waals surface area (Å²) in [6, 6.07) is 7.91. The molecular weight excluding hydrogens is 411 g/mol. The minimum atomic E-state index is 0.484. The van der Waals surface area contributed by atoms with Crippen molar-refractivity contribution in [2.24, 2.45) is 0 Å². The van der Waals surface area contributed by atoms with Crippen LogP contribution in [0.3, 0.4) is 0 Å². The third-order valence-electron chi connectivity index (χ3n) is 2.78. The molecule has 0 saturated heterocycles. The smallest absolute Gasteiger partial charge is 0.163 e. The van der Waals surface area contributed by atoms with Gasteiger partial charge in [-0.2, -0.15) is 0 Å². The van der Waals surface area contributed by atoms with Crippen LogP contribution in [0, 0.1) is 6.92 Å². The number of benzene rings is 1. The molecular formula is C13H7Br2ClN2S. The normalized spacial score (nSPS) is 11.2. The lowest BCUT2D eigenvalue weighted by molar-refractivity contribution is 1.22. The minimum Gasteiger partial charge on any atom is -0.228 e. The van der Waals surface area contributed by atoms with Gasteiger partial charge in [0.15, 0.2) is 5.82 Å². The van der Waals surface area contributed by atoms with Gasteiger partial charge in [-0.1, -0.05) is 23.7 Å². The van der Waals surface area contributed by atoms with Gasteiger partial charge in [0.2, 0.25) is 0 Å². The van der Waals surface area contributed by atoms with Gasteiger partial charge >= 0.3 is 0 Å². The molecule has 2 nitrogen and oxygen atoms in total. The van der Waals surface area contributed by atoms with Crippen molar-refractivity contribution < 1.29 is 0 Å². The van der Waals surface area contributed by atoms with E-state index in [1.165, 1.54) is 0 Å². The van der Waals surface area contributed by atoms with Crippen molar-refractivity contribution in [3.05, 3.63) is 42.6 Å². The minimum absolute atomic E-state index is 0.484. The van der Waals surface area contributed by atoms with Crippen molar-refractivity contribution in [3.8, 4) is 11.4 Å². The maximum absolute atomic E-state index is 6.27. The molecule has 0 amide bonds. The monoisotopic (exact) mass is 416 g/mol. The Labute approximate surface area is 136 Å². The van der Waals surface area contributed by atoms with Crippen LogP contribution in [0.15, 0.2) is 31.8 Å². The molecule has 0 aliphatic heterocycles. The molecule has 0 N–H and O–H groups in total. The Morgan fingerprint density at radius 2 is 2.00 bits per heavy atom. The fourth-order valence-corrected chi connectivity index (χ4v) is 4.89. The Bertz CT molecular complexity index is 786. The number of rotatable bonds is 1. The molecule has 2 aromatic heterocycles. The summed E-state index contributed by atoms with van der Waals surface area (Å²) in [5, 5.41) is 1.37. The molecule has 0 saturated carbocycles. The van der Waals surface area contributed by atoms with E-state index in [-0.39, 0.29) is 0 Å². The van der Waals surface area contributed by atoms with E-state index in [1.807, 2.05) is 31.2 Å².